The molecule has 34 heavy (non-hydrogen) atoms. The van der Waals surface area contributed by atoms with Crippen LogP contribution >= 0.6 is 18.6 Å². The van der Waals surface area contributed by atoms with E-state index in [1.54, 1.807) is 0 Å². The second-order valence-corrected chi connectivity index (χ2v) is 14.1. The minimum absolute atomic E-state index is 0. The van der Waals surface area contributed by atoms with Gasteiger partial charge in [0.25, 0.3) is 0 Å². The number of hydrogen-bond donors (Lipinski definition) is 0. The van der Waals surface area contributed by atoms with Gasteiger partial charge >= 0.3 is 38.7 Å². The number of rotatable bonds is 1. The number of carbonyl (C=O) groups is 1. The van der Waals surface area contributed by atoms with Crippen molar-refractivity contribution in [2.24, 2.45) is 5.92 Å². The van der Waals surface area contributed by atoms with E-state index in [1.807, 2.05) is 0 Å². The number of benzene rings is 2. The van der Waals surface area contributed by atoms with Gasteiger partial charge in [-0.15, -0.1) is 39.7 Å². The number of amides is 1. The molecular formula is C29H41Cl2NOTi-4. The molecular weight excluding hydrogens is 497 g/mol. The predicted molar refractivity (Wildman–Crippen MR) is 152 cm³/mol. The Morgan fingerprint density at radius 1 is 0.765 bits per heavy atom. The molecule has 0 spiro atoms. The molecule has 1 aliphatic carbocycles. The van der Waals surface area contributed by atoms with Crippen molar-refractivity contribution < 1.29 is 20.1 Å². The molecule has 0 bridgehead atoms. The van der Waals surface area contributed by atoms with Gasteiger partial charge < -0.3 is 25.4 Å². The van der Waals surface area contributed by atoms with Crippen molar-refractivity contribution in [3.05, 3.63) is 75.2 Å². The van der Waals surface area contributed by atoms with Gasteiger partial charge in [0.1, 0.15) is 0 Å². The third-order valence-electron chi connectivity index (χ3n) is 6.00. The van der Waals surface area contributed by atoms with Crippen molar-refractivity contribution in [1.82, 2.24) is 0 Å². The molecule has 0 atom stereocenters. The summed E-state index contributed by atoms with van der Waals surface area (Å²) in [6.07, 6.45) is 13.5. The summed E-state index contributed by atoms with van der Waals surface area (Å²) in [6, 6.07) is 19.3. The minimum atomic E-state index is -1.64. The Balaban J connectivity index is 0.000000529. The van der Waals surface area contributed by atoms with E-state index in [0.717, 1.165) is 25.7 Å². The molecule has 0 radical (unpaired) electrons. The van der Waals surface area contributed by atoms with Crippen LogP contribution in [0.3, 0.4) is 0 Å². The fraction of sp³-hybridized carbons (Fsp3) is 0.414. The molecule has 3 aromatic carbocycles. The molecule has 2 nitrogen and oxygen atoms in total. The van der Waals surface area contributed by atoms with Gasteiger partial charge in [-0.1, -0.05) is 94.2 Å². The van der Waals surface area contributed by atoms with Gasteiger partial charge in [0.2, 0.25) is 0 Å². The number of halogens is 2. The first-order valence-corrected chi connectivity index (χ1v) is 17.2. The van der Waals surface area contributed by atoms with Crippen LogP contribution in [-0.2, 0) is 20.1 Å². The van der Waals surface area contributed by atoms with E-state index in [0.29, 0.717) is 0 Å². The van der Waals surface area contributed by atoms with Crippen molar-refractivity contribution >= 4 is 50.9 Å². The first-order chi connectivity index (χ1) is 15.5. The van der Waals surface area contributed by atoms with Crippen LogP contribution in [-0.4, -0.2) is 10.7 Å². The van der Waals surface area contributed by atoms with Crippen LogP contribution in [0.15, 0.2) is 54.6 Å². The summed E-state index contributed by atoms with van der Waals surface area (Å²) < 4.78 is 0. The van der Waals surface area contributed by atoms with E-state index in [4.69, 9.17) is 24.3 Å². The third-order valence-corrected chi connectivity index (χ3v) is 6.00. The van der Waals surface area contributed by atoms with Crippen LogP contribution < -0.4 is 0 Å². The van der Waals surface area contributed by atoms with Crippen molar-refractivity contribution in [2.75, 3.05) is 0 Å². The molecule has 1 N–H and O–H groups in total. The second-order valence-electron chi connectivity index (χ2n) is 8.48. The van der Waals surface area contributed by atoms with E-state index in [-0.39, 0.29) is 26.7 Å². The zero-order valence-corrected chi connectivity index (χ0v) is 24.0. The quantitative estimate of drug-likeness (QED) is 0.224. The van der Waals surface area contributed by atoms with Gasteiger partial charge in [-0.3, -0.25) is 0 Å². The number of hydrogen-bond acceptors (Lipinski definition) is 1. The SMILES string of the molecule is [CH2]=[Ti]([Cl])[Cl].[CH3-].[CH3-].[NH-]C(=O)C1CCCCCCCCCCC1.c1ccc2c(c1)[cH-]c1ccccc12. The molecule has 0 heterocycles. The summed E-state index contributed by atoms with van der Waals surface area (Å²) in [5.41, 5.74) is 7.23. The third kappa shape index (κ3) is 12.6. The van der Waals surface area contributed by atoms with E-state index in [2.05, 4.69) is 59.4 Å². The Morgan fingerprint density at radius 2 is 1.09 bits per heavy atom. The molecule has 5 heteroatoms. The van der Waals surface area contributed by atoms with E-state index >= 15 is 0 Å². The summed E-state index contributed by atoms with van der Waals surface area (Å²) in [6.45, 7) is 0. The summed E-state index contributed by atoms with van der Waals surface area (Å²) >= 11 is -1.64. The van der Waals surface area contributed by atoms with E-state index in [9.17, 15) is 4.79 Å². The smallest absolute Gasteiger partial charge is 0.0519 e. The monoisotopic (exact) mass is 537 g/mol. The van der Waals surface area contributed by atoms with Gasteiger partial charge in [0.15, 0.2) is 0 Å². The number of fused-ring (bicyclic) bond motifs is 3. The minimum Gasteiger partial charge on any atom is -0.668 e. The molecule has 0 aromatic heterocycles. The van der Waals surface area contributed by atoms with Crippen molar-refractivity contribution in [1.29, 1.82) is 0 Å². The zero-order valence-electron chi connectivity index (χ0n) is 20.9. The summed E-state index contributed by atoms with van der Waals surface area (Å²) in [7, 11) is 10.2. The van der Waals surface area contributed by atoms with Crippen molar-refractivity contribution in [3.63, 3.8) is 0 Å². The van der Waals surface area contributed by atoms with Crippen molar-refractivity contribution in [2.45, 2.75) is 70.6 Å². The van der Waals surface area contributed by atoms with Crippen LogP contribution in [0.1, 0.15) is 70.6 Å². The Labute approximate surface area is 221 Å². The Kier molecular flexibility index (Phi) is 18.6. The van der Waals surface area contributed by atoms with Gasteiger partial charge in [0, 0.05) is 5.92 Å². The molecule has 3 aromatic rings. The summed E-state index contributed by atoms with van der Waals surface area (Å²) in [4.78, 5) is 14.4. The molecule has 0 unspecified atom stereocenters. The first kappa shape index (κ1) is 32.9. The van der Waals surface area contributed by atoms with Crippen LogP contribution in [0, 0.1) is 20.8 Å². The summed E-state index contributed by atoms with van der Waals surface area (Å²) in [5.74, 6) is -0.281. The fourth-order valence-corrected chi connectivity index (χ4v) is 4.33. The van der Waals surface area contributed by atoms with Gasteiger partial charge in [-0.2, -0.15) is 0 Å². The Morgan fingerprint density at radius 3 is 1.44 bits per heavy atom. The van der Waals surface area contributed by atoms with Gasteiger partial charge in [0.05, 0.1) is 5.91 Å². The molecule has 1 saturated carbocycles. The van der Waals surface area contributed by atoms with Crippen LogP contribution in [0.2, 0.25) is 0 Å². The summed E-state index contributed by atoms with van der Waals surface area (Å²) in [5, 5.41) is 5.39. The molecule has 1 aliphatic rings. The standard InChI is InChI=1S/C13H25NO.C13H9.2CH3.CH2.2ClH.Ti/c14-13(15)12-10-8-6-4-2-1-3-5-7-9-11-12;1-3-7-12-10(5-1)9-11-6-2-4-8-13(11)12;;;;;;/h12H,1-11H2,(H2,14,15);1-9H;2*1H3;1H2;2*1H;/q;3*-1;;;;+2/p-3. The number of carbonyl (C=O) groups excluding carboxylic acids is 1. The largest absolute Gasteiger partial charge is 0.668 e. The fourth-order valence-electron chi connectivity index (χ4n) is 4.33. The topological polar surface area (TPSA) is 40.9 Å². The normalized spacial score (nSPS) is 15.0. The number of nitrogens with one attached hydrogen (secondary N) is 1. The molecule has 1 amide bonds. The van der Waals surface area contributed by atoms with Crippen LogP contribution in [0.5, 0.6) is 0 Å². The molecule has 190 valence electrons. The molecule has 0 aliphatic heterocycles. The zero-order chi connectivity index (χ0) is 23.2. The predicted octanol–water partition coefficient (Wildman–Crippen LogP) is 10.4. The molecule has 4 rings (SSSR count). The maximum absolute atomic E-state index is 11.1. The average Bonchev–Trinajstić information content (AvgIpc) is 3.13. The second kappa shape index (κ2) is 19.2. The Bertz CT molecular complexity index is 903. The molecule has 1 fully saturated rings. The van der Waals surface area contributed by atoms with E-state index in [1.165, 1.54) is 66.5 Å². The Hall–Kier alpha value is -1.06. The maximum Gasteiger partial charge on any atom is 0.0519 e. The van der Waals surface area contributed by atoms with Crippen molar-refractivity contribution in [3.8, 4) is 0 Å². The molecule has 0 saturated heterocycles. The van der Waals surface area contributed by atoms with Gasteiger partial charge in [-0.25, -0.2) is 0 Å². The first-order valence-electron chi connectivity index (χ1n) is 11.8. The maximum atomic E-state index is 11.1. The average molecular weight is 538 g/mol. The van der Waals surface area contributed by atoms with E-state index < -0.39 is 15.3 Å². The van der Waals surface area contributed by atoms with Crippen LogP contribution in [0.25, 0.3) is 27.3 Å². The van der Waals surface area contributed by atoms with Gasteiger partial charge in [-0.05, 0) is 12.8 Å². The van der Waals surface area contributed by atoms with Crippen LogP contribution in [0.4, 0.5) is 0 Å².